The molecule has 0 atom stereocenters. The largest absolute Gasteiger partial charge is 0.296 e. The molecule has 1 rings (SSSR count). The Bertz CT molecular complexity index is 257. The predicted molar refractivity (Wildman–Crippen MR) is 42.6 cm³/mol. The Morgan fingerprint density at radius 2 is 2.18 bits per heavy atom. The van der Waals surface area contributed by atoms with E-state index in [9.17, 15) is 4.79 Å². The summed E-state index contributed by atoms with van der Waals surface area (Å²) in [5.41, 5.74) is 0.511. The third-order valence-electron chi connectivity index (χ3n) is 1.43. The molecule has 3 heteroatoms. The van der Waals surface area contributed by atoms with E-state index in [2.05, 4.69) is 5.10 Å². The van der Waals surface area contributed by atoms with Gasteiger partial charge in [-0.05, 0) is 26.8 Å². The highest BCUT2D eigenvalue weighted by Gasteiger charge is 2.16. The predicted octanol–water partition coefficient (Wildman–Crippen LogP) is 1.45. The van der Waals surface area contributed by atoms with Crippen molar-refractivity contribution in [2.75, 3.05) is 0 Å². The van der Waals surface area contributed by atoms with Crippen LogP contribution in [0.1, 0.15) is 31.3 Å². The monoisotopic (exact) mass is 152 g/mol. The Morgan fingerprint density at radius 3 is 2.55 bits per heavy atom. The normalized spacial score (nSPS) is 11.5. The van der Waals surface area contributed by atoms with Gasteiger partial charge in [0, 0.05) is 6.20 Å². The van der Waals surface area contributed by atoms with Crippen molar-refractivity contribution >= 4 is 6.29 Å². The first-order chi connectivity index (χ1) is 5.05. The van der Waals surface area contributed by atoms with E-state index in [0.29, 0.717) is 5.69 Å². The summed E-state index contributed by atoms with van der Waals surface area (Å²) in [6.45, 7) is 6.02. The molecule has 0 unspecified atom stereocenters. The molecule has 1 aromatic heterocycles. The SMILES string of the molecule is CC(C)(C)n1nccc1C=O. The maximum absolute atomic E-state index is 10.5. The summed E-state index contributed by atoms with van der Waals surface area (Å²) < 4.78 is 1.71. The van der Waals surface area contributed by atoms with Crippen LogP contribution in [-0.2, 0) is 5.54 Å². The first kappa shape index (κ1) is 7.98. The lowest BCUT2D eigenvalue weighted by atomic mass is 10.1. The number of rotatable bonds is 1. The molecule has 0 fully saturated rings. The molecule has 3 nitrogen and oxygen atoms in total. The molecule has 0 aromatic carbocycles. The number of carbonyl (C=O) groups is 1. The third kappa shape index (κ3) is 1.48. The topological polar surface area (TPSA) is 34.9 Å². The molecule has 0 N–H and O–H groups in total. The fourth-order valence-electron chi connectivity index (χ4n) is 0.963. The van der Waals surface area contributed by atoms with Gasteiger partial charge in [-0.1, -0.05) is 0 Å². The fourth-order valence-corrected chi connectivity index (χ4v) is 0.963. The van der Waals surface area contributed by atoms with Gasteiger partial charge in [0.15, 0.2) is 6.29 Å². The van der Waals surface area contributed by atoms with Crippen LogP contribution in [0.5, 0.6) is 0 Å². The van der Waals surface area contributed by atoms with Crippen LogP contribution in [0.15, 0.2) is 12.3 Å². The van der Waals surface area contributed by atoms with Gasteiger partial charge in [0.05, 0.1) is 5.54 Å². The summed E-state index contributed by atoms with van der Waals surface area (Å²) >= 11 is 0. The Kier molecular flexibility index (Phi) is 1.81. The molecular weight excluding hydrogens is 140 g/mol. The minimum absolute atomic E-state index is 0.111. The second-order valence-electron chi connectivity index (χ2n) is 3.46. The zero-order valence-corrected chi connectivity index (χ0v) is 7.03. The molecule has 0 radical (unpaired) electrons. The highest BCUT2D eigenvalue weighted by atomic mass is 16.1. The lowest BCUT2D eigenvalue weighted by Crippen LogP contribution is -2.24. The molecule has 0 aliphatic rings. The van der Waals surface area contributed by atoms with E-state index < -0.39 is 0 Å². The molecule has 0 saturated carbocycles. The minimum Gasteiger partial charge on any atom is -0.296 e. The number of hydrogen-bond donors (Lipinski definition) is 0. The van der Waals surface area contributed by atoms with Crippen molar-refractivity contribution in [3.63, 3.8) is 0 Å². The zero-order chi connectivity index (χ0) is 8.48. The Morgan fingerprint density at radius 1 is 1.55 bits per heavy atom. The third-order valence-corrected chi connectivity index (χ3v) is 1.43. The summed E-state index contributed by atoms with van der Waals surface area (Å²) in [6, 6.07) is 1.71. The molecule has 0 amide bonds. The average molecular weight is 152 g/mol. The van der Waals surface area contributed by atoms with Gasteiger partial charge in [0.25, 0.3) is 0 Å². The van der Waals surface area contributed by atoms with Crippen LogP contribution >= 0.6 is 0 Å². The van der Waals surface area contributed by atoms with Gasteiger partial charge < -0.3 is 0 Å². The molecule has 0 spiro atoms. The highest BCUT2D eigenvalue weighted by Crippen LogP contribution is 2.13. The van der Waals surface area contributed by atoms with E-state index in [-0.39, 0.29) is 5.54 Å². The second-order valence-corrected chi connectivity index (χ2v) is 3.46. The average Bonchev–Trinajstić information content (AvgIpc) is 2.31. The molecular formula is C8H12N2O. The number of hydrogen-bond acceptors (Lipinski definition) is 2. The van der Waals surface area contributed by atoms with Crippen LogP contribution in [0.4, 0.5) is 0 Å². The number of aromatic nitrogens is 2. The van der Waals surface area contributed by atoms with Crippen molar-refractivity contribution in [1.29, 1.82) is 0 Å². The Balaban J connectivity index is 3.12. The van der Waals surface area contributed by atoms with Crippen LogP contribution in [0, 0.1) is 0 Å². The van der Waals surface area contributed by atoms with Gasteiger partial charge >= 0.3 is 0 Å². The lowest BCUT2D eigenvalue weighted by Gasteiger charge is -2.20. The van der Waals surface area contributed by atoms with Gasteiger partial charge in [-0.3, -0.25) is 9.48 Å². The quantitative estimate of drug-likeness (QED) is 0.571. The van der Waals surface area contributed by atoms with E-state index in [0.717, 1.165) is 6.29 Å². The number of aldehydes is 1. The van der Waals surface area contributed by atoms with Gasteiger partial charge in [-0.25, -0.2) is 0 Å². The van der Waals surface area contributed by atoms with E-state index in [1.807, 2.05) is 20.8 Å². The summed E-state index contributed by atoms with van der Waals surface area (Å²) in [5, 5.41) is 4.04. The van der Waals surface area contributed by atoms with Gasteiger partial charge in [0.1, 0.15) is 5.69 Å². The molecule has 0 bridgehead atoms. The first-order valence-electron chi connectivity index (χ1n) is 3.55. The molecule has 60 valence electrons. The number of carbonyl (C=O) groups excluding carboxylic acids is 1. The van der Waals surface area contributed by atoms with E-state index in [1.54, 1.807) is 16.9 Å². The minimum atomic E-state index is -0.111. The standard InChI is InChI=1S/C8H12N2O/c1-8(2,3)10-7(6-11)4-5-9-10/h4-6H,1-3H3. The van der Waals surface area contributed by atoms with Crippen molar-refractivity contribution in [2.24, 2.45) is 0 Å². The van der Waals surface area contributed by atoms with Crippen molar-refractivity contribution in [2.45, 2.75) is 26.3 Å². The summed E-state index contributed by atoms with van der Waals surface area (Å²) in [6.07, 6.45) is 2.45. The van der Waals surface area contributed by atoms with E-state index >= 15 is 0 Å². The number of nitrogens with zero attached hydrogens (tertiary/aromatic N) is 2. The van der Waals surface area contributed by atoms with E-state index in [1.165, 1.54) is 0 Å². The van der Waals surface area contributed by atoms with Crippen molar-refractivity contribution in [3.05, 3.63) is 18.0 Å². The molecule has 0 saturated heterocycles. The first-order valence-corrected chi connectivity index (χ1v) is 3.55. The maximum atomic E-state index is 10.5. The molecule has 0 aliphatic carbocycles. The van der Waals surface area contributed by atoms with Crippen molar-refractivity contribution in [3.8, 4) is 0 Å². The van der Waals surface area contributed by atoms with Crippen LogP contribution in [0.2, 0.25) is 0 Å². The Labute approximate surface area is 66.0 Å². The lowest BCUT2D eigenvalue weighted by molar-refractivity contribution is 0.110. The molecule has 11 heavy (non-hydrogen) atoms. The van der Waals surface area contributed by atoms with E-state index in [4.69, 9.17) is 0 Å². The molecule has 0 aliphatic heterocycles. The second kappa shape index (κ2) is 2.49. The Hall–Kier alpha value is -1.12. The smallest absolute Gasteiger partial charge is 0.168 e. The summed E-state index contributed by atoms with van der Waals surface area (Å²) in [7, 11) is 0. The molecule has 1 heterocycles. The summed E-state index contributed by atoms with van der Waals surface area (Å²) in [5.74, 6) is 0. The van der Waals surface area contributed by atoms with Gasteiger partial charge in [0.2, 0.25) is 0 Å². The molecule has 1 aromatic rings. The van der Waals surface area contributed by atoms with Crippen LogP contribution in [-0.4, -0.2) is 16.1 Å². The van der Waals surface area contributed by atoms with Gasteiger partial charge in [-0.2, -0.15) is 5.10 Å². The van der Waals surface area contributed by atoms with Crippen molar-refractivity contribution in [1.82, 2.24) is 9.78 Å². The van der Waals surface area contributed by atoms with Crippen molar-refractivity contribution < 1.29 is 4.79 Å². The highest BCUT2D eigenvalue weighted by molar-refractivity contribution is 5.71. The zero-order valence-electron chi connectivity index (χ0n) is 7.03. The van der Waals surface area contributed by atoms with Crippen LogP contribution in [0.3, 0.4) is 0 Å². The van der Waals surface area contributed by atoms with Crippen LogP contribution in [0.25, 0.3) is 0 Å². The maximum Gasteiger partial charge on any atom is 0.168 e. The fraction of sp³-hybridized carbons (Fsp3) is 0.500. The van der Waals surface area contributed by atoms with Crippen LogP contribution < -0.4 is 0 Å². The summed E-state index contributed by atoms with van der Waals surface area (Å²) in [4.78, 5) is 10.5. The van der Waals surface area contributed by atoms with Gasteiger partial charge in [-0.15, -0.1) is 0 Å².